The maximum absolute atomic E-state index is 12.1. The molecule has 7 heteroatoms. The lowest BCUT2D eigenvalue weighted by Crippen LogP contribution is -2.46. The maximum atomic E-state index is 12.1. The maximum Gasteiger partial charge on any atom is 0.279 e. The summed E-state index contributed by atoms with van der Waals surface area (Å²) in [7, 11) is -3.50. The van der Waals surface area contributed by atoms with Gasteiger partial charge in [0.15, 0.2) is 0 Å². The summed E-state index contributed by atoms with van der Waals surface area (Å²) in [4.78, 5) is 0. The number of furan rings is 1. The van der Waals surface area contributed by atoms with Gasteiger partial charge in [0.25, 0.3) is 10.2 Å². The Morgan fingerprint density at radius 3 is 2.95 bits per heavy atom. The van der Waals surface area contributed by atoms with Crippen molar-refractivity contribution in [1.82, 2.24) is 9.03 Å². The molecule has 1 saturated heterocycles. The zero-order valence-electron chi connectivity index (χ0n) is 11.0. The highest BCUT2D eigenvalue weighted by Crippen LogP contribution is 2.18. The van der Waals surface area contributed by atoms with E-state index < -0.39 is 10.2 Å². The first kappa shape index (κ1) is 14.5. The molecule has 1 aromatic rings. The zero-order chi connectivity index (χ0) is 13.9. The molecule has 6 nitrogen and oxygen atoms in total. The van der Waals surface area contributed by atoms with Crippen molar-refractivity contribution < 1.29 is 17.9 Å². The number of aliphatic hydroxyl groups is 1. The van der Waals surface area contributed by atoms with Gasteiger partial charge in [-0.1, -0.05) is 0 Å². The van der Waals surface area contributed by atoms with E-state index in [0.717, 1.165) is 18.6 Å². The lowest BCUT2D eigenvalue weighted by molar-refractivity contribution is 0.164. The van der Waals surface area contributed by atoms with Crippen LogP contribution in [0.3, 0.4) is 0 Å². The Labute approximate surface area is 113 Å². The van der Waals surface area contributed by atoms with Crippen LogP contribution in [0.2, 0.25) is 0 Å². The highest BCUT2D eigenvalue weighted by molar-refractivity contribution is 7.87. The number of piperidine rings is 1. The van der Waals surface area contributed by atoms with E-state index in [1.807, 2.05) is 6.92 Å². The van der Waals surface area contributed by atoms with Crippen LogP contribution in [0.1, 0.15) is 24.4 Å². The number of hydrogen-bond acceptors (Lipinski definition) is 4. The molecule has 2 N–H and O–H groups in total. The van der Waals surface area contributed by atoms with Gasteiger partial charge >= 0.3 is 0 Å². The lowest BCUT2D eigenvalue weighted by atomic mass is 10.0. The van der Waals surface area contributed by atoms with Gasteiger partial charge in [-0.2, -0.15) is 17.4 Å². The summed E-state index contributed by atoms with van der Waals surface area (Å²) in [5.41, 5.74) is 0. The van der Waals surface area contributed by atoms with E-state index in [4.69, 9.17) is 9.52 Å². The van der Waals surface area contributed by atoms with E-state index in [1.54, 1.807) is 12.1 Å². The van der Waals surface area contributed by atoms with Gasteiger partial charge in [0, 0.05) is 19.7 Å². The van der Waals surface area contributed by atoms with E-state index in [-0.39, 0.29) is 19.1 Å². The third-order valence-electron chi connectivity index (χ3n) is 3.30. The minimum Gasteiger partial charge on any atom is -0.465 e. The highest BCUT2D eigenvalue weighted by Gasteiger charge is 2.28. The van der Waals surface area contributed by atoms with Crippen molar-refractivity contribution in [2.75, 3.05) is 19.7 Å². The molecule has 0 bridgehead atoms. The normalized spacial score (nSPS) is 21.7. The van der Waals surface area contributed by atoms with Crippen LogP contribution in [-0.4, -0.2) is 37.5 Å². The van der Waals surface area contributed by atoms with Gasteiger partial charge in [-0.3, -0.25) is 0 Å². The Balaban J connectivity index is 1.94. The van der Waals surface area contributed by atoms with Gasteiger partial charge in [-0.05, 0) is 37.8 Å². The largest absolute Gasteiger partial charge is 0.465 e. The predicted molar refractivity (Wildman–Crippen MR) is 70.6 cm³/mol. The molecule has 1 aliphatic rings. The Morgan fingerprint density at radius 1 is 1.53 bits per heavy atom. The van der Waals surface area contributed by atoms with Crippen molar-refractivity contribution in [1.29, 1.82) is 0 Å². The van der Waals surface area contributed by atoms with Crippen molar-refractivity contribution in [2.24, 2.45) is 5.92 Å². The monoisotopic (exact) mass is 288 g/mol. The molecule has 0 radical (unpaired) electrons. The number of nitrogens with zero attached hydrogens (tertiary/aromatic N) is 1. The van der Waals surface area contributed by atoms with E-state index in [2.05, 4.69) is 4.72 Å². The Kier molecular flexibility index (Phi) is 4.62. The molecule has 2 rings (SSSR count). The minimum absolute atomic E-state index is 0.0311. The van der Waals surface area contributed by atoms with Gasteiger partial charge in [0.1, 0.15) is 11.5 Å². The van der Waals surface area contributed by atoms with Crippen molar-refractivity contribution in [2.45, 2.75) is 26.3 Å². The van der Waals surface area contributed by atoms with Crippen LogP contribution in [0.25, 0.3) is 0 Å². The first-order valence-electron chi connectivity index (χ1n) is 6.42. The second-order valence-electron chi connectivity index (χ2n) is 4.89. The molecule has 19 heavy (non-hydrogen) atoms. The third-order valence-corrected chi connectivity index (χ3v) is 4.83. The predicted octanol–water partition coefficient (Wildman–Crippen LogP) is 0.627. The number of hydrogen-bond donors (Lipinski definition) is 2. The summed E-state index contributed by atoms with van der Waals surface area (Å²) < 4.78 is 33.5. The smallest absolute Gasteiger partial charge is 0.279 e. The topological polar surface area (TPSA) is 82.8 Å². The molecular formula is C12H20N2O4S. The van der Waals surface area contributed by atoms with Gasteiger partial charge in [0.2, 0.25) is 0 Å². The first-order chi connectivity index (χ1) is 9.01. The zero-order valence-corrected chi connectivity index (χ0v) is 11.8. The lowest BCUT2D eigenvalue weighted by Gasteiger charge is -2.30. The van der Waals surface area contributed by atoms with Crippen LogP contribution in [0.4, 0.5) is 0 Å². The van der Waals surface area contributed by atoms with Gasteiger partial charge in [-0.15, -0.1) is 0 Å². The fraction of sp³-hybridized carbons (Fsp3) is 0.667. The van der Waals surface area contributed by atoms with Crippen molar-refractivity contribution in [3.8, 4) is 0 Å². The van der Waals surface area contributed by atoms with Crippen molar-refractivity contribution in [3.63, 3.8) is 0 Å². The molecule has 0 spiro atoms. The van der Waals surface area contributed by atoms with Crippen molar-refractivity contribution in [3.05, 3.63) is 23.7 Å². The number of aliphatic hydroxyl groups excluding tert-OH is 1. The van der Waals surface area contributed by atoms with Crippen molar-refractivity contribution >= 4 is 10.2 Å². The summed E-state index contributed by atoms with van der Waals surface area (Å²) in [6.07, 6.45) is 1.66. The van der Waals surface area contributed by atoms with E-state index in [9.17, 15) is 8.42 Å². The average molecular weight is 288 g/mol. The van der Waals surface area contributed by atoms with Crippen LogP contribution in [0.5, 0.6) is 0 Å². The van der Waals surface area contributed by atoms with Crippen LogP contribution in [0, 0.1) is 12.8 Å². The fourth-order valence-corrected chi connectivity index (χ4v) is 3.51. The number of rotatable bonds is 5. The molecule has 108 valence electrons. The quantitative estimate of drug-likeness (QED) is 0.832. The molecular weight excluding hydrogens is 268 g/mol. The molecule has 1 atom stereocenters. The SMILES string of the molecule is Cc1ccc(CNS(=O)(=O)N2CCCC(CO)C2)o1. The van der Waals surface area contributed by atoms with Gasteiger partial charge in [0.05, 0.1) is 6.54 Å². The first-order valence-corrected chi connectivity index (χ1v) is 7.86. The molecule has 0 saturated carbocycles. The average Bonchev–Trinajstić information content (AvgIpc) is 2.82. The fourth-order valence-electron chi connectivity index (χ4n) is 2.23. The molecule has 2 heterocycles. The van der Waals surface area contributed by atoms with E-state index in [1.165, 1.54) is 4.31 Å². The molecule has 1 unspecified atom stereocenters. The summed E-state index contributed by atoms with van der Waals surface area (Å²) in [5, 5.41) is 9.13. The summed E-state index contributed by atoms with van der Waals surface area (Å²) in [6.45, 7) is 2.88. The second kappa shape index (κ2) is 6.04. The standard InChI is InChI=1S/C12H20N2O4S/c1-10-4-5-12(18-10)7-13-19(16,17)14-6-2-3-11(8-14)9-15/h4-5,11,13,15H,2-3,6-9H2,1H3. The highest BCUT2D eigenvalue weighted by atomic mass is 32.2. The molecule has 1 fully saturated rings. The summed E-state index contributed by atoms with van der Waals surface area (Å²) in [5.74, 6) is 1.39. The number of nitrogens with one attached hydrogen (secondary N) is 1. The minimum atomic E-state index is -3.50. The van der Waals surface area contributed by atoms with Crippen LogP contribution in [-0.2, 0) is 16.8 Å². The number of aryl methyl sites for hydroxylation is 1. The van der Waals surface area contributed by atoms with Crippen LogP contribution >= 0.6 is 0 Å². The van der Waals surface area contributed by atoms with Gasteiger partial charge in [-0.25, -0.2) is 0 Å². The molecule has 0 aliphatic carbocycles. The Morgan fingerprint density at radius 2 is 2.32 bits per heavy atom. The Hall–Kier alpha value is -0.890. The molecule has 0 aromatic carbocycles. The van der Waals surface area contributed by atoms with E-state index in [0.29, 0.717) is 18.8 Å². The van der Waals surface area contributed by atoms with Crippen LogP contribution in [0.15, 0.2) is 16.5 Å². The van der Waals surface area contributed by atoms with Crippen LogP contribution < -0.4 is 4.72 Å². The summed E-state index contributed by atoms with van der Waals surface area (Å²) >= 11 is 0. The molecule has 1 aliphatic heterocycles. The molecule has 1 aromatic heterocycles. The van der Waals surface area contributed by atoms with E-state index >= 15 is 0 Å². The molecule has 0 amide bonds. The van der Waals surface area contributed by atoms with Gasteiger partial charge < -0.3 is 9.52 Å². The Bertz CT molecular complexity index is 512. The summed E-state index contributed by atoms with van der Waals surface area (Å²) in [6, 6.07) is 3.55. The third kappa shape index (κ3) is 3.79. The second-order valence-corrected chi connectivity index (χ2v) is 6.64.